The van der Waals surface area contributed by atoms with Crippen molar-refractivity contribution in [2.24, 2.45) is 5.16 Å². The van der Waals surface area contributed by atoms with Crippen molar-refractivity contribution in [3.05, 3.63) is 89.4 Å². The number of nitrogens with zero attached hydrogens (tertiary/aromatic N) is 6. The minimum absolute atomic E-state index is 0.0885. The first-order valence-corrected chi connectivity index (χ1v) is 18.9. The maximum Gasteiger partial charge on any atom is 0.262 e. The van der Waals surface area contributed by atoms with Crippen LogP contribution in [0, 0.1) is 0 Å². The van der Waals surface area contributed by atoms with E-state index in [9.17, 15) is 24.4 Å². The van der Waals surface area contributed by atoms with Crippen molar-refractivity contribution in [1.29, 1.82) is 0 Å². The molecule has 2 N–H and O–H groups in total. The summed E-state index contributed by atoms with van der Waals surface area (Å²) in [6.07, 6.45) is 13.4. The van der Waals surface area contributed by atoms with Gasteiger partial charge in [0.15, 0.2) is 0 Å². The fourth-order valence-corrected chi connectivity index (χ4v) is 8.92. The third-order valence-electron chi connectivity index (χ3n) is 11.8. The molecule has 54 heavy (non-hydrogen) atoms. The van der Waals surface area contributed by atoms with Crippen LogP contribution >= 0.6 is 0 Å². The van der Waals surface area contributed by atoms with Gasteiger partial charge in [-0.25, -0.2) is 0 Å². The third-order valence-corrected chi connectivity index (χ3v) is 11.8. The zero-order valence-corrected chi connectivity index (χ0v) is 29.8. The van der Waals surface area contributed by atoms with E-state index >= 15 is 0 Å². The molecular weight excluding hydrogens is 686 g/mol. The normalized spacial score (nSPS) is 23.9. The first-order chi connectivity index (χ1) is 26.3. The van der Waals surface area contributed by atoms with Crippen LogP contribution in [0.1, 0.15) is 95.7 Å². The second-order valence-corrected chi connectivity index (χ2v) is 15.0. The second kappa shape index (κ2) is 13.9. The summed E-state index contributed by atoms with van der Waals surface area (Å²) < 4.78 is 8.91. The molecule has 5 heterocycles. The quantitative estimate of drug-likeness (QED) is 0.146. The number of carbonyl (C=O) groups is 4. The van der Waals surface area contributed by atoms with Crippen LogP contribution in [0.4, 0.5) is 5.69 Å². The lowest BCUT2D eigenvalue weighted by atomic mass is 9.92. The highest BCUT2D eigenvalue weighted by Crippen LogP contribution is 2.39. The van der Waals surface area contributed by atoms with Crippen molar-refractivity contribution in [2.75, 3.05) is 18.0 Å². The molecule has 2 saturated heterocycles. The Labute approximate surface area is 312 Å². The fourth-order valence-electron chi connectivity index (χ4n) is 8.92. The number of anilines is 1. The zero-order chi connectivity index (χ0) is 36.9. The number of rotatable bonds is 7. The molecule has 2 aromatic heterocycles. The summed E-state index contributed by atoms with van der Waals surface area (Å²) >= 11 is 0. The molecule has 4 amide bonds. The molecule has 5 aliphatic rings. The van der Waals surface area contributed by atoms with Crippen LogP contribution in [-0.2, 0) is 20.7 Å². The number of hydrogen-bond acceptors (Lipinski definition) is 10. The molecule has 2 aliphatic carbocycles. The van der Waals surface area contributed by atoms with Crippen molar-refractivity contribution >= 4 is 35.0 Å². The molecule has 3 fully saturated rings. The number of amides is 4. The lowest BCUT2D eigenvalue weighted by Gasteiger charge is -2.37. The van der Waals surface area contributed by atoms with E-state index in [1.807, 2.05) is 18.2 Å². The summed E-state index contributed by atoms with van der Waals surface area (Å²) in [4.78, 5) is 58.1. The molecule has 4 aromatic rings. The van der Waals surface area contributed by atoms with Crippen LogP contribution in [0.3, 0.4) is 0 Å². The van der Waals surface area contributed by atoms with Gasteiger partial charge in [-0.1, -0.05) is 23.4 Å². The average molecular weight is 728 g/mol. The Morgan fingerprint density at radius 2 is 1.57 bits per heavy atom. The van der Waals surface area contributed by atoms with Gasteiger partial charge in [-0.2, -0.15) is 5.10 Å². The topological polar surface area (TPSA) is 159 Å². The predicted octanol–water partition coefficient (Wildman–Crippen LogP) is 5.31. The number of nitrogens with one attached hydrogen (secondary N) is 1. The number of imide groups is 2. The molecule has 3 atom stereocenters. The molecule has 1 saturated carbocycles. The van der Waals surface area contributed by atoms with Crippen molar-refractivity contribution in [1.82, 2.24) is 25.0 Å². The van der Waals surface area contributed by atoms with Gasteiger partial charge in [-0.15, -0.1) is 0 Å². The maximum absolute atomic E-state index is 13.4. The number of aromatic nitrogens is 3. The first-order valence-electron chi connectivity index (χ1n) is 18.9. The summed E-state index contributed by atoms with van der Waals surface area (Å²) in [6, 6.07) is 14.9. The highest BCUT2D eigenvalue weighted by Gasteiger charge is 2.45. The van der Waals surface area contributed by atoms with Crippen molar-refractivity contribution in [2.45, 2.75) is 88.5 Å². The standard InChI is InChI=1S/C41H41N7O6/c49-37-11-10-36(39(50)43-37)48-40(51)32-8-6-27(22-33(32)41(48)52)46-18-14-29(15-19-46)54-30-3-1-2-28(21-30)47-23-34(38(44-47)24-12-16-42-17-13-24)26-4-7-31-25(20-26)5-9-35(31)45-53/h4,6-8,12-13,16-17,20,22-23,28-30,36,53H,1-3,5,9-11,14-15,18-19,21H2,(H,43,49,50)/b45-35+. The molecule has 276 valence electrons. The largest absolute Gasteiger partial charge is 0.411 e. The second-order valence-electron chi connectivity index (χ2n) is 15.0. The van der Waals surface area contributed by atoms with Gasteiger partial charge in [0.1, 0.15) is 11.7 Å². The first kappa shape index (κ1) is 34.1. The van der Waals surface area contributed by atoms with Gasteiger partial charge in [0.25, 0.3) is 11.8 Å². The van der Waals surface area contributed by atoms with E-state index < -0.39 is 29.7 Å². The Balaban J connectivity index is 0.857. The van der Waals surface area contributed by atoms with E-state index in [0.717, 1.165) is 109 Å². The van der Waals surface area contributed by atoms with Gasteiger partial charge >= 0.3 is 0 Å². The van der Waals surface area contributed by atoms with Crippen LogP contribution in [0.15, 0.2) is 72.3 Å². The summed E-state index contributed by atoms with van der Waals surface area (Å²) in [5.41, 5.74) is 8.46. The summed E-state index contributed by atoms with van der Waals surface area (Å²) in [5.74, 6) is -1.99. The monoisotopic (exact) mass is 727 g/mol. The minimum Gasteiger partial charge on any atom is -0.411 e. The summed E-state index contributed by atoms with van der Waals surface area (Å²) in [5, 5.41) is 20.4. The van der Waals surface area contributed by atoms with Crippen LogP contribution in [0.25, 0.3) is 22.4 Å². The molecule has 13 heteroatoms. The molecule has 0 bridgehead atoms. The highest BCUT2D eigenvalue weighted by atomic mass is 16.5. The van der Waals surface area contributed by atoms with Crippen molar-refractivity contribution in [3.63, 3.8) is 0 Å². The molecule has 0 radical (unpaired) electrons. The maximum atomic E-state index is 13.4. The molecular formula is C41H41N7O6. The third kappa shape index (κ3) is 6.15. The Bertz CT molecular complexity index is 2190. The van der Waals surface area contributed by atoms with E-state index in [1.54, 1.807) is 24.5 Å². The van der Waals surface area contributed by atoms with E-state index in [4.69, 9.17) is 9.84 Å². The van der Waals surface area contributed by atoms with Crippen LogP contribution in [0.5, 0.6) is 0 Å². The number of ether oxygens (including phenoxy) is 1. The lowest BCUT2D eigenvalue weighted by Crippen LogP contribution is -2.54. The number of fused-ring (bicyclic) bond motifs is 2. The van der Waals surface area contributed by atoms with Crippen molar-refractivity contribution < 1.29 is 29.1 Å². The lowest BCUT2D eigenvalue weighted by molar-refractivity contribution is -0.136. The minimum atomic E-state index is -0.980. The number of piperidine rings is 2. The smallest absolute Gasteiger partial charge is 0.262 e. The van der Waals surface area contributed by atoms with E-state index in [1.165, 1.54) is 5.56 Å². The number of benzene rings is 2. The molecule has 0 spiro atoms. The molecule has 13 nitrogen and oxygen atoms in total. The predicted molar refractivity (Wildman–Crippen MR) is 198 cm³/mol. The molecule has 3 aliphatic heterocycles. The number of pyridine rings is 1. The van der Waals surface area contributed by atoms with E-state index in [2.05, 4.69) is 49.4 Å². The van der Waals surface area contributed by atoms with Crippen molar-refractivity contribution in [3.8, 4) is 22.4 Å². The Morgan fingerprint density at radius 1 is 0.778 bits per heavy atom. The number of carbonyl (C=O) groups excluding carboxylic acids is 4. The van der Waals surface area contributed by atoms with Gasteiger partial charge < -0.3 is 14.8 Å². The summed E-state index contributed by atoms with van der Waals surface area (Å²) in [6.45, 7) is 1.51. The highest BCUT2D eigenvalue weighted by molar-refractivity contribution is 6.23. The van der Waals surface area contributed by atoms with Crippen LogP contribution < -0.4 is 10.2 Å². The number of oxime groups is 1. The van der Waals surface area contributed by atoms with Crippen LogP contribution in [0.2, 0.25) is 0 Å². The molecule has 9 rings (SSSR count). The van der Waals surface area contributed by atoms with Gasteiger partial charge in [-0.05, 0) is 99.2 Å². The Hall–Kier alpha value is -5.69. The van der Waals surface area contributed by atoms with E-state index in [-0.39, 0.29) is 36.7 Å². The van der Waals surface area contributed by atoms with Gasteiger partial charge in [0, 0.05) is 60.5 Å². The Morgan fingerprint density at radius 3 is 2.37 bits per heavy atom. The number of aryl methyl sites for hydroxylation is 1. The number of hydrogen-bond donors (Lipinski definition) is 2. The van der Waals surface area contributed by atoms with Gasteiger partial charge in [-0.3, -0.25) is 39.1 Å². The average Bonchev–Trinajstić information content (AvgIpc) is 3.90. The van der Waals surface area contributed by atoms with Crippen LogP contribution in [-0.4, -0.2) is 85.6 Å². The van der Waals surface area contributed by atoms with Gasteiger partial charge in [0.2, 0.25) is 11.8 Å². The SMILES string of the molecule is O=C1CCC(N2C(=O)c3ccc(N4CCC(OC5CCCC(n6cc(-c7ccc8c(c7)CC/C8=N\O)c(-c7ccncc7)n6)C5)CC4)cc3C2=O)C(=O)N1. The Kier molecular flexibility index (Phi) is 8.80. The van der Waals surface area contributed by atoms with Gasteiger partial charge in [0.05, 0.1) is 35.1 Å². The molecule has 2 aromatic carbocycles. The van der Waals surface area contributed by atoms with E-state index in [0.29, 0.717) is 5.56 Å². The fraction of sp³-hybridized carbons (Fsp3) is 0.390. The molecule has 3 unspecified atom stereocenters. The zero-order valence-electron chi connectivity index (χ0n) is 29.8. The summed E-state index contributed by atoms with van der Waals surface area (Å²) in [7, 11) is 0.